The highest BCUT2D eigenvalue weighted by molar-refractivity contribution is 5.86. The van der Waals surface area contributed by atoms with Gasteiger partial charge in [0, 0.05) is 11.8 Å². The van der Waals surface area contributed by atoms with Gasteiger partial charge in [-0.3, -0.25) is 4.79 Å². The van der Waals surface area contributed by atoms with Gasteiger partial charge in [-0.15, -0.1) is 0 Å². The summed E-state index contributed by atoms with van der Waals surface area (Å²) in [7, 11) is 0. The van der Waals surface area contributed by atoms with Crippen LogP contribution >= 0.6 is 0 Å². The average molecular weight is 218 g/mol. The molecule has 0 fully saturated rings. The van der Waals surface area contributed by atoms with Gasteiger partial charge in [-0.1, -0.05) is 52.0 Å². The van der Waals surface area contributed by atoms with E-state index in [1.54, 1.807) is 0 Å². The number of Topliss-reactive ketones (excluding diaryl/α,β-unsaturated/α-hetero) is 1. The fourth-order valence-electron chi connectivity index (χ4n) is 1.51. The van der Waals surface area contributed by atoms with E-state index in [0.717, 1.165) is 18.4 Å². The van der Waals surface area contributed by atoms with E-state index in [0.29, 0.717) is 12.2 Å². The second-order valence-corrected chi connectivity index (χ2v) is 5.01. The molecular weight excluding hydrogens is 196 g/mol. The lowest BCUT2D eigenvalue weighted by Crippen LogP contribution is -2.24. The van der Waals surface area contributed by atoms with Crippen LogP contribution in [0.15, 0.2) is 24.3 Å². The molecule has 0 unspecified atom stereocenters. The van der Waals surface area contributed by atoms with Gasteiger partial charge >= 0.3 is 0 Å². The molecule has 1 heteroatoms. The van der Waals surface area contributed by atoms with E-state index in [4.69, 9.17) is 0 Å². The Balaban J connectivity index is 2.70. The van der Waals surface area contributed by atoms with Crippen molar-refractivity contribution >= 4 is 5.78 Å². The van der Waals surface area contributed by atoms with Crippen LogP contribution in [0.2, 0.25) is 0 Å². The highest BCUT2D eigenvalue weighted by atomic mass is 16.1. The van der Waals surface area contributed by atoms with Crippen molar-refractivity contribution in [2.24, 2.45) is 5.41 Å². The Morgan fingerprint density at radius 3 is 2.00 bits per heavy atom. The number of ketones is 1. The van der Waals surface area contributed by atoms with Crippen molar-refractivity contribution in [3.05, 3.63) is 35.4 Å². The Labute approximate surface area is 98.9 Å². The molecule has 0 heterocycles. The SMILES string of the molecule is CCc1ccc(CC(=O)C(C)(C)CC)cc1. The molecule has 0 saturated heterocycles. The van der Waals surface area contributed by atoms with Crippen molar-refractivity contribution < 1.29 is 4.79 Å². The molecule has 0 aromatic heterocycles. The average Bonchev–Trinajstić information content (AvgIpc) is 2.30. The topological polar surface area (TPSA) is 17.1 Å². The maximum atomic E-state index is 12.0. The zero-order valence-corrected chi connectivity index (χ0v) is 10.8. The first-order valence-corrected chi connectivity index (χ1v) is 6.10. The fraction of sp³-hybridized carbons (Fsp3) is 0.533. The Kier molecular flexibility index (Phi) is 4.28. The predicted octanol–water partition coefficient (Wildman–Crippen LogP) is 3.80. The molecule has 0 spiro atoms. The molecule has 0 aliphatic rings. The Bertz CT molecular complexity index is 346. The second-order valence-electron chi connectivity index (χ2n) is 5.01. The molecule has 1 aromatic rings. The number of rotatable bonds is 5. The zero-order valence-electron chi connectivity index (χ0n) is 10.8. The third-order valence-corrected chi connectivity index (χ3v) is 3.43. The molecule has 16 heavy (non-hydrogen) atoms. The summed E-state index contributed by atoms with van der Waals surface area (Å²) in [5, 5.41) is 0. The third-order valence-electron chi connectivity index (χ3n) is 3.43. The number of aryl methyl sites for hydroxylation is 1. The minimum absolute atomic E-state index is 0.191. The maximum absolute atomic E-state index is 12.0. The van der Waals surface area contributed by atoms with Crippen molar-refractivity contribution in [2.45, 2.75) is 47.0 Å². The molecule has 1 rings (SSSR count). The predicted molar refractivity (Wildman–Crippen MR) is 68.6 cm³/mol. The molecule has 0 bridgehead atoms. The van der Waals surface area contributed by atoms with Crippen LogP contribution < -0.4 is 0 Å². The van der Waals surface area contributed by atoms with Gasteiger partial charge in [0.1, 0.15) is 5.78 Å². The lowest BCUT2D eigenvalue weighted by Gasteiger charge is -2.20. The minimum atomic E-state index is -0.191. The normalized spacial score (nSPS) is 11.5. The van der Waals surface area contributed by atoms with Crippen LogP contribution in [-0.4, -0.2) is 5.78 Å². The van der Waals surface area contributed by atoms with Crippen molar-refractivity contribution in [3.63, 3.8) is 0 Å². The van der Waals surface area contributed by atoms with Crippen molar-refractivity contribution in [3.8, 4) is 0 Å². The third kappa shape index (κ3) is 3.19. The minimum Gasteiger partial charge on any atom is -0.299 e. The molecule has 88 valence electrons. The highest BCUT2D eigenvalue weighted by Gasteiger charge is 2.24. The summed E-state index contributed by atoms with van der Waals surface area (Å²) < 4.78 is 0. The first-order chi connectivity index (χ1) is 7.49. The van der Waals surface area contributed by atoms with Crippen LogP contribution in [0.25, 0.3) is 0 Å². The van der Waals surface area contributed by atoms with E-state index in [-0.39, 0.29) is 5.41 Å². The summed E-state index contributed by atoms with van der Waals surface area (Å²) in [4.78, 5) is 12.0. The van der Waals surface area contributed by atoms with Gasteiger partial charge in [-0.05, 0) is 24.0 Å². The summed E-state index contributed by atoms with van der Waals surface area (Å²) in [5.41, 5.74) is 2.26. The monoisotopic (exact) mass is 218 g/mol. The van der Waals surface area contributed by atoms with Crippen LogP contribution in [0.3, 0.4) is 0 Å². The summed E-state index contributed by atoms with van der Waals surface area (Å²) in [6.07, 6.45) is 2.51. The van der Waals surface area contributed by atoms with E-state index >= 15 is 0 Å². The first kappa shape index (κ1) is 13.0. The summed E-state index contributed by atoms with van der Waals surface area (Å²) in [5.74, 6) is 0.333. The first-order valence-electron chi connectivity index (χ1n) is 6.10. The second kappa shape index (κ2) is 5.29. The molecular formula is C15H22O. The summed E-state index contributed by atoms with van der Waals surface area (Å²) >= 11 is 0. The smallest absolute Gasteiger partial charge is 0.142 e. The van der Waals surface area contributed by atoms with Gasteiger partial charge in [0.25, 0.3) is 0 Å². The van der Waals surface area contributed by atoms with E-state index in [9.17, 15) is 4.79 Å². The van der Waals surface area contributed by atoms with Gasteiger partial charge in [-0.25, -0.2) is 0 Å². The number of hydrogen-bond donors (Lipinski definition) is 0. The van der Waals surface area contributed by atoms with Gasteiger partial charge in [0.05, 0.1) is 0 Å². The van der Waals surface area contributed by atoms with Gasteiger partial charge in [0.2, 0.25) is 0 Å². The Hall–Kier alpha value is -1.11. The number of benzene rings is 1. The van der Waals surface area contributed by atoms with Crippen molar-refractivity contribution in [1.29, 1.82) is 0 Å². The molecule has 0 N–H and O–H groups in total. The van der Waals surface area contributed by atoms with E-state index < -0.39 is 0 Å². The highest BCUT2D eigenvalue weighted by Crippen LogP contribution is 2.23. The van der Waals surface area contributed by atoms with Crippen LogP contribution in [0.1, 0.15) is 45.2 Å². The zero-order chi connectivity index (χ0) is 12.2. The maximum Gasteiger partial charge on any atom is 0.142 e. The number of carbonyl (C=O) groups is 1. The standard InChI is InChI=1S/C15H22O/c1-5-12-7-9-13(10-8-12)11-14(16)15(3,4)6-2/h7-10H,5-6,11H2,1-4H3. The van der Waals surface area contributed by atoms with Crippen LogP contribution in [0.4, 0.5) is 0 Å². The van der Waals surface area contributed by atoms with Gasteiger partial charge in [0.15, 0.2) is 0 Å². The molecule has 0 atom stereocenters. The van der Waals surface area contributed by atoms with Gasteiger partial charge in [-0.2, -0.15) is 0 Å². The number of hydrogen-bond acceptors (Lipinski definition) is 1. The molecule has 1 nitrogen and oxygen atoms in total. The van der Waals surface area contributed by atoms with E-state index in [1.165, 1.54) is 5.56 Å². The number of carbonyl (C=O) groups excluding carboxylic acids is 1. The quantitative estimate of drug-likeness (QED) is 0.734. The molecule has 0 aliphatic carbocycles. The fourth-order valence-corrected chi connectivity index (χ4v) is 1.51. The Morgan fingerprint density at radius 1 is 1.06 bits per heavy atom. The van der Waals surface area contributed by atoms with E-state index in [2.05, 4.69) is 38.1 Å². The van der Waals surface area contributed by atoms with Crippen molar-refractivity contribution in [1.82, 2.24) is 0 Å². The molecule has 0 radical (unpaired) electrons. The van der Waals surface area contributed by atoms with E-state index in [1.807, 2.05) is 13.8 Å². The molecule has 0 aliphatic heterocycles. The van der Waals surface area contributed by atoms with Crippen LogP contribution in [-0.2, 0) is 17.6 Å². The Morgan fingerprint density at radius 2 is 1.56 bits per heavy atom. The van der Waals surface area contributed by atoms with Crippen LogP contribution in [0.5, 0.6) is 0 Å². The lowest BCUT2D eigenvalue weighted by atomic mass is 9.82. The molecule has 1 aromatic carbocycles. The molecule has 0 amide bonds. The lowest BCUT2D eigenvalue weighted by molar-refractivity contribution is -0.126. The summed E-state index contributed by atoms with van der Waals surface area (Å²) in [6, 6.07) is 8.37. The summed E-state index contributed by atoms with van der Waals surface area (Å²) in [6.45, 7) is 8.25. The van der Waals surface area contributed by atoms with Gasteiger partial charge < -0.3 is 0 Å². The van der Waals surface area contributed by atoms with Crippen LogP contribution in [0, 0.1) is 5.41 Å². The van der Waals surface area contributed by atoms with Crippen molar-refractivity contribution in [2.75, 3.05) is 0 Å². The largest absolute Gasteiger partial charge is 0.299 e. The molecule has 0 saturated carbocycles.